The predicted octanol–water partition coefficient (Wildman–Crippen LogP) is 2.26. The highest BCUT2D eigenvalue weighted by Crippen LogP contribution is 2.27. The van der Waals surface area contributed by atoms with E-state index in [1.165, 1.54) is 20.3 Å². The lowest BCUT2D eigenvalue weighted by atomic mass is 10.2. The zero-order chi connectivity index (χ0) is 21.9. The molecule has 1 amide bonds. The second-order valence-electron chi connectivity index (χ2n) is 6.43. The minimum atomic E-state index is -4.96. The molecule has 2 aromatic heterocycles. The number of ketones is 1. The van der Waals surface area contributed by atoms with Crippen LogP contribution < -0.4 is 9.47 Å². The highest BCUT2D eigenvalue weighted by molar-refractivity contribution is 7.16. The number of alkyl halides is 3. The first kappa shape index (κ1) is 22.0. The minimum absolute atomic E-state index is 0.108. The van der Waals surface area contributed by atoms with Crippen molar-refractivity contribution >= 4 is 23.0 Å². The topological polar surface area (TPSA) is 84.9 Å². The van der Waals surface area contributed by atoms with E-state index in [1.54, 1.807) is 11.0 Å². The number of aromatic nitrogens is 2. The van der Waals surface area contributed by atoms with Crippen LogP contribution in [0.15, 0.2) is 18.2 Å². The van der Waals surface area contributed by atoms with Crippen LogP contribution in [0.2, 0.25) is 0 Å². The first-order chi connectivity index (χ1) is 14.2. The molecular weight excluding hydrogens is 425 g/mol. The number of rotatable bonds is 6. The summed E-state index contributed by atoms with van der Waals surface area (Å²) in [6.07, 6.45) is -4.96. The minimum Gasteiger partial charge on any atom is -0.481 e. The van der Waals surface area contributed by atoms with Crippen LogP contribution in [0.25, 0.3) is 0 Å². The molecule has 0 spiro atoms. The number of carbonyl (C=O) groups excluding carboxylic acids is 2. The molecule has 0 radical (unpaired) electrons. The van der Waals surface area contributed by atoms with Gasteiger partial charge in [0.15, 0.2) is 0 Å². The van der Waals surface area contributed by atoms with Crippen LogP contribution in [-0.2, 0) is 6.54 Å². The average molecular weight is 444 g/mol. The molecule has 3 heterocycles. The van der Waals surface area contributed by atoms with Crippen LogP contribution in [0, 0.1) is 0 Å². The lowest BCUT2D eigenvalue weighted by Gasteiger charge is -2.34. The second-order valence-corrected chi connectivity index (χ2v) is 7.51. The molecule has 1 saturated heterocycles. The molecule has 30 heavy (non-hydrogen) atoms. The van der Waals surface area contributed by atoms with Gasteiger partial charge >= 0.3 is 6.18 Å². The van der Waals surface area contributed by atoms with Crippen LogP contribution in [0.3, 0.4) is 0 Å². The number of thiophene rings is 1. The lowest BCUT2D eigenvalue weighted by molar-refractivity contribution is -0.0882. The van der Waals surface area contributed by atoms with Crippen molar-refractivity contribution in [2.75, 3.05) is 40.4 Å². The zero-order valence-corrected chi connectivity index (χ0v) is 17.0. The molecule has 0 atom stereocenters. The fraction of sp³-hybridized carbons (Fsp3) is 0.444. The molecule has 0 aliphatic carbocycles. The van der Waals surface area contributed by atoms with Crippen LogP contribution in [-0.4, -0.2) is 78.0 Å². The summed E-state index contributed by atoms with van der Waals surface area (Å²) in [5.41, 5.74) is 0. The van der Waals surface area contributed by atoms with E-state index in [0.717, 1.165) is 6.07 Å². The Bertz CT molecular complexity index is 904. The van der Waals surface area contributed by atoms with E-state index in [1.807, 2.05) is 4.90 Å². The van der Waals surface area contributed by atoms with Gasteiger partial charge in [0.25, 0.3) is 11.7 Å². The van der Waals surface area contributed by atoms with Gasteiger partial charge < -0.3 is 14.4 Å². The standard InChI is InChI=1S/C18H19F3N4O4S/c1-28-14-9-15(29-2)23-13(22-14)10-24-5-7-25(8-6-24)17(27)12-4-3-11(30-12)16(26)18(19,20)21/h3-4,9H,5-8,10H2,1-2H3. The summed E-state index contributed by atoms with van der Waals surface area (Å²) in [6, 6.07) is 3.87. The van der Waals surface area contributed by atoms with Gasteiger partial charge in [0.05, 0.1) is 36.6 Å². The van der Waals surface area contributed by atoms with Gasteiger partial charge in [0.1, 0.15) is 5.82 Å². The van der Waals surface area contributed by atoms with Crippen molar-refractivity contribution in [2.24, 2.45) is 0 Å². The molecule has 1 fully saturated rings. The monoisotopic (exact) mass is 444 g/mol. The first-order valence-corrected chi connectivity index (χ1v) is 9.72. The average Bonchev–Trinajstić information content (AvgIpc) is 3.22. The van der Waals surface area contributed by atoms with Crippen molar-refractivity contribution in [2.45, 2.75) is 12.7 Å². The Morgan fingerprint density at radius 3 is 2.13 bits per heavy atom. The zero-order valence-electron chi connectivity index (χ0n) is 16.2. The normalized spacial score (nSPS) is 15.2. The van der Waals surface area contributed by atoms with Crippen molar-refractivity contribution in [1.82, 2.24) is 19.8 Å². The van der Waals surface area contributed by atoms with Gasteiger partial charge in [0.2, 0.25) is 11.8 Å². The number of halogens is 3. The maximum atomic E-state index is 12.6. The molecular formula is C18H19F3N4O4S. The number of hydrogen-bond donors (Lipinski definition) is 0. The third-order valence-corrected chi connectivity index (χ3v) is 5.54. The lowest BCUT2D eigenvalue weighted by Crippen LogP contribution is -2.48. The molecule has 8 nitrogen and oxygen atoms in total. The Kier molecular flexibility index (Phi) is 6.56. The van der Waals surface area contributed by atoms with E-state index >= 15 is 0 Å². The smallest absolute Gasteiger partial charge is 0.455 e. The molecule has 0 aromatic carbocycles. The molecule has 2 aromatic rings. The van der Waals surface area contributed by atoms with E-state index in [4.69, 9.17) is 9.47 Å². The Morgan fingerprint density at radius 2 is 1.60 bits per heavy atom. The molecule has 1 aliphatic heterocycles. The molecule has 12 heteroatoms. The first-order valence-electron chi connectivity index (χ1n) is 8.90. The Balaban J connectivity index is 1.59. The van der Waals surface area contributed by atoms with Gasteiger partial charge in [-0.3, -0.25) is 14.5 Å². The highest BCUT2D eigenvalue weighted by Gasteiger charge is 2.40. The third kappa shape index (κ3) is 5.05. The molecule has 162 valence electrons. The van der Waals surface area contributed by atoms with Gasteiger partial charge in [-0.1, -0.05) is 0 Å². The molecule has 0 N–H and O–H groups in total. The number of Topliss-reactive ketones (excluding diaryl/α,β-unsaturated/α-hetero) is 1. The van der Waals surface area contributed by atoms with Crippen LogP contribution in [0.1, 0.15) is 25.2 Å². The number of piperazine rings is 1. The van der Waals surface area contributed by atoms with Gasteiger partial charge in [-0.15, -0.1) is 11.3 Å². The maximum absolute atomic E-state index is 12.6. The van der Waals surface area contributed by atoms with Crippen molar-refractivity contribution < 1.29 is 32.2 Å². The highest BCUT2D eigenvalue weighted by atomic mass is 32.1. The van der Waals surface area contributed by atoms with Crippen molar-refractivity contribution in [1.29, 1.82) is 0 Å². The van der Waals surface area contributed by atoms with E-state index in [0.29, 0.717) is 61.6 Å². The molecule has 3 rings (SSSR count). The van der Waals surface area contributed by atoms with Gasteiger partial charge in [-0.05, 0) is 12.1 Å². The number of hydrogen-bond acceptors (Lipinski definition) is 8. The third-order valence-electron chi connectivity index (χ3n) is 4.47. The largest absolute Gasteiger partial charge is 0.481 e. The summed E-state index contributed by atoms with van der Waals surface area (Å²) in [4.78, 5) is 35.7. The van der Waals surface area contributed by atoms with Crippen molar-refractivity contribution in [3.05, 3.63) is 33.8 Å². The van der Waals surface area contributed by atoms with Crippen LogP contribution in [0.5, 0.6) is 11.8 Å². The molecule has 0 saturated carbocycles. The molecule has 0 unspecified atom stereocenters. The van der Waals surface area contributed by atoms with Crippen molar-refractivity contribution in [3.63, 3.8) is 0 Å². The van der Waals surface area contributed by atoms with Crippen molar-refractivity contribution in [3.8, 4) is 11.8 Å². The summed E-state index contributed by atoms with van der Waals surface area (Å²) in [5, 5.41) is 0. The SMILES string of the molecule is COc1cc(OC)nc(CN2CCN(C(=O)c3ccc(C(=O)C(F)(F)F)s3)CC2)n1. The molecule has 0 bridgehead atoms. The van der Waals surface area contributed by atoms with E-state index < -0.39 is 16.8 Å². The van der Waals surface area contributed by atoms with E-state index in [9.17, 15) is 22.8 Å². The summed E-state index contributed by atoms with van der Waals surface area (Å²) in [6.45, 7) is 2.28. The predicted molar refractivity (Wildman–Crippen MR) is 101 cm³/mol. The van der Waals surface area contributed by atoms with E-state index in [-0.39, 0.29) is 10.8 Å². The summed E-state index contributed by atoms with van der Waals surface area (Å²) < 4.78 is 47.9. The maximum Gasteiger partial charge on any atom is 0.455 e. The Hall–Kier alpha value is -2.73. The van der Waals surface area contributed by atoms with Gasteiger partial charge in [0, 0.05) is 26.2 Å². The number of carbonyl (C=O) groups is 2. The fourth-order valence-electron chi connectivity index (χ4n) is 2.91. The second kappa shape index (κ2) is 8.96. The van der Waals surface area contributed by atoms with Gasteiger partial charge in [-0.25, -0.2) is 0 Å². The fourth-order valence-corrected chi connectivity index (χ4v) is 3.84. The molecule has 1 aliphatic rings. The Labute approximate surface area is 174 Å². The number of ether oxygens (including phenoxy) is 2. The number of methoxy groups -OCH3 is 2. The summed E-state index contributed by atoms with van der Waals surface area (Å²) >= 11 is 0.559. The van der Waals surface area contributed by atoms with Crippen LogP contribution >= 0.6 is 11.3 Å². The van der Waals surface area contributed by atoms with E-state index in [2.05, 4.69) is 9.97 Å². The quantitative estimate of drug-likeness (QED) is 0.632. The Morgan fingerprint density at radius 1 is 1.03 bits per heavy atom. The van der Waals surface area contributed by atoms with Gasteiger partial charge in [-0.2, -0.15) is 23.1 Å². The summed E-state index contributed by atoms with van der Waals surface area (Å²) in [7, 11) is 2.99. The number of nitrogens with zero attached hydrogens (tertiary/aromatic N) is 4. The summed E-state index contributed by atoms with van der Waals surface area (Å²) in [5.74, 6) is -1.05. The number of amides is 1. The van der Waals surface area contributed by atoms with Crippen LogP contribution in [0.4, 0.5) is 13.2 Å².